The Bertz CT molecular complexity index is 271. The van der Waals surface area contributed by atoms with Crippen molar-refractivity contribution < 1.29 is 9.84 Å². The van der Waals surface area contributed by atoms with Crippen molar-refractivity contribution in [2.24, 2.45) is 5.92 Å². The predicted molar refractivity (Wildman–Crippen MR) is 57.6 cm³/mol. The standard InChI is InChI=1S/C12H18O2/c1-3-14-12-6-4-5-11(8-12)7-10(2)9-13/h4-6,8,10,13H,3,7,9H2,1-2H3/t10-/m0/s1. The van der Waals surface area contributed by atoms with Crippen LogP contribution >= 0.6 is 0 Å². The fourth-order valence-electron chi connectivity index (χ4n) is 1.40. The summed E-state index contributed by atoms with van der Waals surface area (Å²) >= 11 is 0. The molecule has 0 aliphatic carbocycles. The largest absolute Gasteiger partial charge is 0.494 e. The van der Waals surface area contributed by atoms with Crippen LogP contribution in [-0.4, -0.2) is 18.3 Å². The topological polar surface area (TPSA) is 29.5 Å². The third-order valence-electron chi connectivity index (χ3n) is 2.11. The van der Waals surface area contributed by atoms with Gasteiger partial charge in [-0.25, -0.2) is 0 Å². The molecule has 0 saturated heterocycles. The predicted octanol–water partition coefficient (Wildman–Crippen LogP) is 2.26. The Morgan fingerprint density at radius 3 is 2.86 bits per heavy atom. The molecule has 0 aliphatic rings. The van der Waals surface area contributed by atoms with Crippen molar-refractivity contribution in [3.63, 3.8) is 0 Å². The van der Waals surface area contributed by atoms with E-state index in [1.54, 1.807) is 0 Å². The van der Waals surface area contributed by atoms with E-state index >= 15 is 0 Å². The highest BCUT2D eigenvalue weighted by molar-refractivity contribution is 5.28. The molecule has 14 heavy (non-hydrogen) atoms. The fraction of sp³-hybridized carbons (Fsp3) is 0.500. The Kier molecular flexibility index (Phi) is 4.47. The lowest BCUT2D eigenvalue weighted by Crippen LogP contribution is -2.04. The average molecular weight is 194 g/mol. The van der Waals surface area contributed by atoms with E-state index in [-0.39, 0.29) is 6.61 Å². The van der Waals surface area contributed by atoms with E-state index in [1.165, 1.54) is 5.56 Å². The van der Waals surface area contributed by atoms with Crippen molar-refractivity contribution in [3.05, 3.63) is 29.8 Å². The number of benzene rings is 1. The van der Waals surface area contributed by atoms with Crippen molar-refractivity contribution in [2.75, 3.05) is 13.2 Å². The van der Waals surface area contributed by atoms with E-state index in [4.69, 9.17) is 9.84 Å². The van der Waals surface area contributed by atoms with E-state index in [9.17, 15) is 0 Å². The highest BCUT2D eigenvalue weighted by atomic mass is 16.5. The van der Waals surface area contributed by atoms with Crippen molar-refractivity contribution >= 4 is 0 Å². The van der Waals surface area contributed by atoms with Gasteiger partial charge in [0.2, 0.25) is 0 Å². The number of hydrogen-bond acceptors (Lipinski definition) is 2. The molecular formula is C12H18O2. The Balaban J connectivity index is 2.63. The van der Waals surface area contributed by atoms with Crippen molar-refractivity contribution in [1.29, 1.82) is 0 Å². The molecule has 2 nitrogen and oxygen atoms in total. The summed E-state index contributed by atoms with van der Waals surface area (Å²) < 4.78 is 5.40. The summed E-state index contributed by atoms with van der Waals surface area (Å²) in [6.45, 7) is 4.94. The average Bonchev–Trinajstić information content (AvgIpc) is 2.19. The van der Waals surface area contributed by atoms with E-state index in [0.717, 1.165) is 12.2 Å². The highest BCUT2D eigenvalue weighted by Crippen LogP contribution is 2.16. The van der Waals surface area contributed by atoms with Gasteiger partial charge in [-0.15, -0.1) is 0 Å². The molecule has 0 saturated carbocycles. The zero-order valence-electron chi connectivity index (χ0n) is 8.86. The molecule has 1 rings (SSSR count). The summed E-state index contributed by atoms with van der Waals surface area (Å²) in [5.74, 6) is 1.22. The first-order chi connectivity index (χ1) is 6.76. The summed E-state index contributed by atoms with van der Waals surface area (Å²) in [7, 11) is 0. The molecule has 0 bridgehead atoms. The molecule has 0 aromatic heterocycles. The lowest BCUT2D eigenvalue weighted by Gasteiger charge is -2.09. The number of ether oxygens (including phenoxy) is 1. The monoisotopic (exact) mass is 194 g/mol. The zero-order valence-corrected chi connectivity index (χ0v) is 8.86. The van der Waals surface area contributed by atoms with Gasteiger partial charge in [-0.2, -0.15) is 0 Å². The van der Waals surface area contributed by atoms with E-state index < -0.39 is 0 Å². The summed E-state index contributed by atoms with van der Waals surface area (Å²) in [6.07, 6.45) is 0.900. The summed E-state index contributed by atoms with van der Waals surface area (Å²) in [6, 6.07) is 8.05. The maximum atomic E-state index is 8.94. The van der Waals surface area contributed by atoms with Gasteiger partial charge in [0.25, 0.3) is 0 Å². The minimum atomic E-state index is 0.235. The quantitative estimate of drug-likeness (QED) is 0.779. The summed E-state index contributed by atoms with van der Waals surface area (Å²) in [5, 5.41) is 8.94. The second kappa shape index (κ2) is 5.66. The maximum absolute atomic E-state index is 8.94. The lowest BCUT2D eigenvalue weighted by atomic mass is 10.0. The van der Waals surface area contributed by atoms with Gasteiger partial charge in [0.1, 0.15) is 5.75 Å². The van der Waals surface area contributed by atoms with Gasteiger partial charge in [-0.05, 0) is 37.0 Å². The molecule has 1 aromatic rings. The van der Waals surface area contributed by atoms with Gasteiger partial charge < -0.3 is 9.84 Å². The molecule has 1 atom stereocenters. The van der Waals surface area contributed by atoms with E-state index in [2.05, 4.69) is 6.07 Å². The third-order valence-corrected chi connectivity index (χ3v) is 2.11. The summed E-state index contributed by atoms with van der Waals surface area (Å²) in [4.78, 5) is 0. The first-order valence-electron chi connectivity index (χ1n) is 5.08. The molecule has 0 heterocycles. The van der Waals surface area contributed by atoms with Crippen LogP contribution in [0.1, 0.15) is 19.4 Å². The SMILES string of the molecule is CCOc1cccc(C[C@H](C)CO)c1. The Morgan fingerprint density at radius 1 is 1.43 bits per heavy atom. The van der Waals surface area contributed by atoms with Gasteiger partial charge in [-0.1, -0.05) is 19.1 Å². The van der Waals surface area contributed by atoms with E-state index in [0.29, 0.717) is 12.5 Å². The van der Waals surface area contributed by atoms with Crippen molar-refractivity contribution in [3.8, 4) is 5.75 Å². The second-order valence-electron chi connectivity index (χ2n) is 3.57. The van der Waals surface area contributed by atoms with Crippen LogP contribution in [0, 0.1) is 5.92 Å². The molecule has 0 unspecified atom stereocenters. The van der Waals surface area contributed by atoms with Crippen LogP contribution in [0.3, 0.4) is 0 Å². The molecular weight excluding hydrogens is 176 g/mol. The molecule has 78 valence electrons. The Labute approximate surface area is 85.5 Å². The highest BCUT2D eigenvalue weighted by Gasteiger charge is 2.02. The zero-order chi connectivity index (χ0) is 10.4. The molecule has 0 spiro atoms. The van der Waals surface area contributed by atoms with Crippen LogP contribution < -0.4 is 4.74 Å². The minimum Gasteiger partial charge on any atom is -0.494 e. The van der Waals surface area contributed by atoms with Crippen LogP contribution in [0.25, 0.3) is 0 Å². The second-order valence-corrected chi connectivity index (χ2v) is 3.57. The summed E-state index contributed by atoms with van der Waals surface area (Å²) in [5.41, 5.74) is 1.22. The lowest BCUT2D eigenvalue weighted by molar-refractivity contribution is 0.237. The molecule has 1 aromatic carbocycles. The molecule has 0 radical (unpaired) electrons. The Morgan fingerprint density at radius 2 is 2.21 bits per heavy atom. The van der Waals surface area contributed by atoms with E-state index in [1.807, 2.05) is 32.0 Å². The Hall–Kier alpha value is -1.02. The van der Waals surface area contributed by atoms with Crippen LogP contribution in [0.4, 0.5) is 0 Å². The number of hydrogen-bond donors (Lipinski definition) is 1. The molecule has 0 aliphatic heterocycles. The molecule has 0 fully saturated rings. The normalized spacial score (nSPS) is 12.5. The fourth-order valence-corrected chi connectivity index (χ4v) is 1.40. The van der Waals surface area contributed by atoms with Gasteiger partial charge in [0.05, 0.1) is 6.61 Å². The molecule has 2 heteroatoms. The van der Waals surface area contributed by atoms with Gasteiger partial charge >= 0.3 is 0 Å². The van der Waals surface area contributed by atoms with Crippen LogP contribution in [-0.2, 0) is 6.42 Å². The van der Waals surface area contributed by atoms with Crippen LogP contribution in [0.5, 0.6) is 5.75 Å². The third kappa shape index (κ3) is 3.38. The smallest absolute Gasteiger partial charge is 0.119 e. The number of rotatable bonds is 5. The minimum absolute atomic E-state index is 0.235. The number of aliphatic hydroxyl groups is 1. The maximum Gasteiger partial charge on any atom is 0.119 e. The molecule has 1 N–H and O–H groups in total. The van der Waals surface area contributed by atoms with Crippen LogP contribution in [0.15, 0.2) is 24.3 Å². The van der Waals surface area contributed by atoms with Crippen molar-refractivity contribution in [2.45, 2.75) is 20.3 Å². The van der Waals surface area contributed by atoms with Gasteiger partial charge in [0.15, 0.2) is 0 Å². The van der Waals surface area contributed by atoms with Gasteiger partial charge in [-0.3, -0.25) is 0 Å². The first-order valence-corrected chi connectivity index (χ1v) is 5.08. The number of aliphatic hydroxyl groups excluding tert-OH is 1. The van der Waals surface area contributed by atoms with Gasteiger partial charge in [0, 0.05) is 6.61 Å². The molecule has 0 amide bonds. The first kappa shape index (κ1) is 11.1. The van der Waals surface area contributed by atoms with Crippen molar-refractivity contribution in [1.82, 2.24) is 0 Å². The van der Waals surface area contributed by atoms with Crippen LogP contribution in [0.2, 0.25) is 0 Å².